The number of nitro groups is 1. The van der Waals surface area contributed by atoms with Gasteiger partial charge in [-0.1, -0.05) is 0 Å². The van der Waals surface area contributed by atoms with Crippen LogP contribution >= 0.6 is 0 Å². The van der Waals surface area contributed by atoms with Crippen molar-refractivity contribution < 1.29 is 14.8 Å². The minimum Gasteiger partial charge on any atom is -0.488 e. The highest BCUT2D eigenvalue weighted by Crippen LogP contribution is 2.34. The van der Waals surface area contributed by atoms with Crippen molar-refractivity contribution in [1.29, 1.82) is 0 Å². The summed E-state index contributed by atoms with van der Waals surface area (Å²) in [5.41, 5.74) is 6.13. The Morgan fingerprint density at radius 3 is 2.75 bits per heavy atom. The van der Waals surface area contributed by atoms with Gasteiger partial charge in [0.1, 0.15) is 18.5 Å². The van der Waals surface area contributed by atoms with E-state index in [0.29, 0.717) is 5.75 Å². The number of hydrogen-bond acceptors (Lipinski definition) is 6. The van der Waals surface area contributed by atoms with Crippen molar-refractivity contribution in [3.63, 3.8) is 0 Å². The molecule has 0 amide bonds. The molecule has 1 atom stereocenters. The Morgan fingerprint density at radius 2 is 2.15 bits per heavy atom. The molecule has 1 saturated heterocycles. The van der Waals surface area contributed by atoms with E-state index in [1.54, 1.807) is 6.07 Å². The van der Waals surface area contributed by atoms with Crippen LogP contribution in [0.25, 0.3) is 0 Å². The molecular formula is C13H19N3O4. The lowest BCUT2D eigenvalue weighted by Crippen LogP contribution is -2.27. The molecular weight excluding hydrogens is 262 g/mol. The van der Waals surface area contributed by atoms with Crippen LogP contribution in [0.1, 0.15) is 12.8 Å². The van der Waals surface area contributed by atoms with Gasteiger partial charge in [-0.25, -0.2) is 0 Å². The number of rotatable bonds is 6. The van der Waals surface area contributed by atoms with Gasteiger partial charge in [0.25, 0.3) is 5.69 Å². The second kappa shape index (κ2) is 6.53. The maximum atomic E-state index is 10.8. The standard InChI is InChI=1S/C13H19N3O4/c14-8-11(17)9-20-13-7-10(16(18)19)3-4-12(13)15-5-1-2-6-15/h3-4,7,11,17H,1-2,5-6,8-9,14H2. The maximum absolute atomic E-state index is 10.8. The smallest absolute Gasteiger partial charge is 0.273 e. The number of nitro benzene ring substituents is 1. The topological polar surface area (TPSA) is 102 Å². The first-order chi connectivity index (χ1) is 9.61. The molecule has 1 aliphatic heterocycles. The number of anilines is 1. The molecule has 2 rings (SSSR count). The first-order valence-corrected chi connectivity index (χ1v) is 6.66. The maximum Gasteiger partial charge on any atom is 0.273 e. The van der Waals surface area contributed by atoms with Gasteiger partial charge in [0.05, 0.1) is 16.7 Å². The molecule has 0 aromatic heterocycles. The van der Waals surface area contributed by atoms with Gasteiger partial charge in [-0.2, -0.15) is 0 Å². The molecule has 1 unspecified atom stereocenters. The minimum atomic E-state index is -0.777. The van der Waals surface area contributed by atoms with Crippen LogP contribution in [0.4, 0.5) is 11.4 Å². The number of aliphatic hydroxyl groups is 1. The molecule has 7 heteroatoms. The fraction of sp³-hybridized carbons (Fsp3) is 0.538. The zero-order valence-corrected chi connectivity index (χ0v) is 11.2. The predicted molar refractivity (Wildman–Crippen MR) is 75.1 cm³/mol. The van der Waals surface area contributed by atoms with Crippen LogP contribution in [0, 0.1) is 10.1 Å². The average Bonchev–Trinajstić information content (AvgIpc) is 2.98. The Kier molecular flexibility index (Phi) is 4.75. The van der Waals surface area contributed by atoms with E-state index in [2.05, 4.69) is 4.90 Å². The van der Waals surface area contributed by atoms with E-state index < -0.39 is 11.0 Å². The van der Waals surface area contributed by atoms with Crippen LogP contribution in [0.2, 0.25) is 0 Å². The summed E-state index contributed by atoms with van der Waals surface area (Å²) >= 11 is 0. The molecule has 7 nitrogen and oxygen atoms in total. The number of nitrogens with two attached hydrogens (primary N) is 1. The molecule has 1 aromatic carbocycles. The van der Waals surface area contributed by atoms with Gasteiger partial charge in [-0.05, 0) is 18.9 Å². The minimum absolute atomic E-state index is 0.0230. The third-order valence-electron chi connectivity index (χ3n) is 3.30. The number of ether oxygens (including phenoxy) is 1. The molecule has 3 N–H and O–H groups in total. The quantitative estimate of drug-likeness (QED) is 0.593. The molecule has 0 bridgehead atoms. The van der Waals surface area contributed by atoms with E-state index in [4.69, 9.17) is 10.5 Å². The summed E-state index contributed by atoms with van der Waals surface area (Å²) in [6, 6.07) is 4.57. The Balaban J connectivity index is 2.22. The third kappa shape index (κ3) is 3.37. The number of hydrogen-bond donors (Lipinski definition) is 2. The van der Waals surface area contributed by atoms with Gasteiger partial charge >= 0.3 is 0 Å². The van der Waals surface area contributed by atoms with Gasteiger partial charge < -0.3 is 20.5 Å². The van der Waals surface area contributed by atoms with Crippen molar-refractivity contribution in [3.05, 3.63) is 28.3 Å². The largest absolute Gasteiger partial charge is 0.488 e. The van der Waals surface area contributed by atoms with E-state index in [-0.39, 0.29) is 18.8 Å². The molecule has 1 fully saturated rings. The zero-order valence-electron chi connectivity index (χ0n) is 11.2. The van der Waals surface area contributed by atoms with Gasteiger partial charge in [0.15, 0.2) is 0 Å². The third-order valence-corrected chi connectivity index (χ3v) is 3.30. The first kappa shape index (κ1) is 14.5. The highest BCUT2D eigenvalue weighted by Gasteiger charge is 2.20. The molecule has 110 valence electrons. The number of aliphatic hydroxyl groups excluding tert-OH is 1. The highest BCUT2D eigenvalue weighted by molar-refractivity contribution is 5.62. The van der Waals surface area contributed by atoms with Gasteiger partial charge in [-0.15, -0.1) is 0 Å². The van der Waals surface area contributed by atoms with Crippen LogP contribution in [-0.4, -0.2) is 42.4 Å². The Labute approximate surface area is 117 Å². The second-order valence-electron chi connectivity index (χ2n) is 4.80. The summed E-state index contributed by atoms with van der Waals surface area (Å²) in [6.07, 6.45) is 1.42. The molecule has 0 saturated carbocycles. The fourth-order valence-corrected chi connectivity index (χ4v) is 2.21. The fourth-order valence-electron chi connectivity index (χ4n) is 2.21. The summed E-state index contributed by atoms with van der Waals surface area (Å²) in [6.45, 7) is 1.94. The summed E-state index contributed by atoms with van der Waals surface area (Å²) in [5.74, 6) is 0.425. The van der Waals surface area contributed by atoms with Gasteiger partial charge in [0.2, 0.25) is 0 Å². The Bertz CT molecular complexity index is 475. The van der Waals surface area contributed by atoms with Crippen molar-refractivity contribution in [2.75, 3.05) is 31.1 Å². The lowest BCUT2D eigenvalue weighted by Gasteiger charge is -2.21. The Morgan fingerprint density at radius 1 is 1.45 bits per heavy atom. The molecule has 0 aliphatic carbocycles. The summed E-state index contributed by atoms with van der Waals surface area (Å²) in [5, 5.41) is 20.3. The highest BCUT2D eigenvalue weighted by atomic mass is 16.6. The summed E-state index contributed by atoms with van der Waals surface area (Å²) in [4.78, 5) is 12.5. The molecule has 1 aromatic rings. The molecule has 0 radical (unpaired) electrons. The van der Waals surface area contributed by atoms with E-state index in [9.17, 15) is 15.2 Å². The van der Waals surface area contributed by atoms with Gasteiger partial charge in [-0.3, -0.25) is 10.1 Å². The predicted octanol–water partition coefficient (Wildman–Crippen LogP) is 0.893. The van der Waals surface area contributed by atoms with Crippen LogP contribution in [0.3, 0.4) is 0 Å². The normalized spacial score (nSPS) is 16.2. The number of benzene rings is 1. The van der Waals surface area contributed by atoms with Crippen LogP contribution in [0.5, 0.6) is 5.75 Å². The van der Waals surface area contributed by atoms with Gasteiger partial charge in [0, 0.05) is 25.7 Å². The van der Waals surface area contributed by atoms with Crippen molar-refractivity contribution in [1.82, 2.24) is 0 Å². The van der Waals surface area contributed by atoms with E-state index in [0.717, 1.165) is 31.6 Å². The summed E-state index contributed by atoms with van der Waals surface area (Å²) < 4.78 is 5.52. The number of nitrogens with zero attached hydrogens (tertiary/aromatic N) is 2. The lowest BCUT2D eigenvalue weighted by atomic mass is 10.2. The van der Waals surface area contributed by atoms with E-state index in [1.807, 2.05) is 0 Å². The Hall–Kier alpha value is -1.86. The van der Waals surface area contributed by atoms with Crippen LogP contribution in [-0.2, 0) is 0 Å². The zero-order chi connectivity index (χ0) is 14.5. The molecule has 1 heterocycles. The molecule has 0 spiro atoms. The average molecular weight is 281 g/mol. The van der Waals surface area contributed by atoms with Crippen molar-refractivity contribution in [3.8, 4) is 5.75 Å². The first-order valence-electron chi connectivity index (χ1n) is 6.66. The monoisotopic (exact) mass is 281 g/mol. The molecule has 20 heavy (non-hydrogen) atoms. The van der Waals surface area contributed by atoms with Crippen LogP contribution in [0.15, 0.2) is 18.2 Å². The summed E-state index contributed by atoms with van der Waals surface area (Å²) in [7, 11) is 0. The van der Waals surface area contributed by atoms with Crippen molar-refractivity contribution in [2.24, 2.45) is 5.73 Å². The number of non-ortho nitro benzene ring substituents is 1. The van der Waals surface area contributed by atoms with Crippen LogP contribution < -0.4 is 15.4 Å². The van der Waals surface area contributed by atoms with E-state index in [1.165, 1.54) is 12.1 Å². The second-order valence-corrected chi connectivity index (χ2v) is 4.80. The molecule has 1 aliphatic rings. The van der Waals surface area contributed by atoms with Crippen molar-refractivity contribution in [2.45, 2.75) is 18.9 Å². The SMILES string of the molecule is NCC(O)COc1cc([N+](=O)[O-])ccc1N1CCCC1. The van der Waals surface area contributed by atoms with E-state index >= 15 is 0 Å². The van der Waals surface area contributed by atoms with Crippen molar-refractivity contribution >= 4 is 11.4 Å². The lowest BCUT2D eigenvalue weighted by molar-refractivity contribution is -0.384.